The largest absolute Gasteiger partial charge is 0.394 e. The van der Waals surface area contributed by atoms with Gasteiger partial charge in [-0.15, -0.1) is 56.0 Å². The lowest BCUT2D eigenvalue weighted by molar-refractivity contribution is -0.183. The summed E-state index contributed by atoms with van der Waals surface area (Å²) in [5.41, 5.74) is 1.35. The van der Waals surface area contributed by atoms with Crippen LogP contribution in [0.25, 0.3) is 0 Å². The lowest BCUT2D eigenvalue weighted by Gasteiger charge is -2.38. The first-order valence-electron chi connectivity index (χ1n) is 27.4. The number of hydrogen-bond acceptors (Lipinski definition) is 17. The van der Waals surface area contributed by atoms with Gasteiger partial charge in [0.05, 0.1) is 94.4 Å². The molecule has 0 bridgehead atoms. The molecule has 0 aromatic heterocycles. The van der Waals surface area contributed by atoms with Crippen molar-refractivity contribution in [1.82, 2.24) is 50.7 Å². The summed E-state index contributed by atoms with van der Waals surface area (Å²) >= 11 is 0. The van der Waals surface area contributed by atoms with Gasteiger partial charge in [-0.1, -0.05) is 68.5 Å². The van der Waals surface area contributed by atoms with E-state index in [4.69, 9.17) is 36.3 Å². The molecule has 4 unspecified atom stereocenters. The number of nitrogens with zero attached hydrogens (tertiary/aromatic N) is 12. The fourth-order valence-corrected chi connectivity index (χ4v) is 9.34. The highest BCUT2D eigenvalue weighted by molar-refractivity contribution is 5.21. The van der Waals surface area contributed by atoms with Gasteiger partial charge in [-0.25, -0.2) is 0 Å². The number of rotatable bonds is 11. The van der Waals surface area contributed by atoms with Gasteiger partial charge in [-0.05, 0) is 52.0 Å². The van der Waals surface area contributed by atoms with Gasteiger partial charge in [-0.2, -0.15) is 44.7 Å². The molecule has 1 aromatic carbocycles. The van der Waals surface area contributed by atoms with E-state index in [0.717, 1.165) is 84.2 Å². The van der Waals surface area contributed by atoms with Crippen molar-refractivity contribution < 1.29 is 17.9 Å². The molecule has 5 saturated heterocycles. The SMILES string of the molecule is C#CC.C#CC.C#CC.C#CC.C=CC1CNCN(CC#N)C1.CCOC1CN(CC#N)CN(CC#N)C1.N#CCN1CNCC(C(F)(F)F)C1.N#CCN1CNCC(C2CCCCC2)C1.N#CCN1CNCC(c2ccccc2)C1. The van der Waals surface area contributed by atoms with Crippen molar-refractivity contribution in [3.63, 3.8) is 0 Å². The molecule has 1 aliphatic carbocycles. The molecule has 7 rings (SSSR count). The summed E-state index contributed by atoms with van der Waals surface area (Å²) in [5, 5.41) is 64.0. The van der Waals surface area contributed by atoms with Crippen molar-refractivity contribution in [2.45, 2.75) is 84.9 Å². The number of nitrogens with one attached hydrogen (secondary N) is 4. The van der Waals surface area contributed by atoms with E-state index in [-0.39, 0.29) is 25.7 Å². The van der Waals surface area contributed by atoms with Crippen molar-refractivity contribution in [3.05, 3.63) is 48.6 Å². The van der Waals surface area contributed by atoms with E-state index >= 15 is 0 Å². The van der Waals surface area contributed by atoms with Gasteiger partial charge in [0.25, 0.3) is 0 Å². The Morgan fingerprint density at radius 3 is 1.41 bits per heavy atom. The Kier molecular flexibility index (Phi) is 48.8. The van der Waals surface area contributed by atoms with E-state index in [1.165, 1.54) is 42.6 Å². The summed E-state index contributed by atoms with van der Waals surface area (Å²) in [6, 6.07) is 23.1. The van der Waals surface area contributed by atoms with Crippen molar-refractivity contribution in [1.29, 1.82) is 31.6 Å². The molecule has 17 nitrogen and oxygen atoms in total. The molecule has 0 spiro atoms. The minimum absolute atomic E-state index is 0.0413. The Hall–Kier alpha value is -6.51. The monoisotopic (exact) mass is 1120 g/mol. The average Bonchev–Trinajstić information content (AvgIpc) is 3.46. The number of hydrogen-bond donors (Lipinski definition) is 4. The van der Waals surface area contributed by atoms with Crippen molar-refractivity contribution in [3.8, 4) is 85.8 Å². The van der Waals surface area contributed by atoms with Crippen LogP contribution in [0, 0.1) is 141 Å². The molecule has 0 radical (unpaired) electrons. The zero-order valence-electron chi connectivity index (χ0n) is 48.9. The van der Waals surface area contributed by atoms with Gasteiger partial charge >= 0.3 is 6.18 Å². The van der Waals surface area contributed by atoms with Gasteiger partial charge in [0.15, 0.2) is 0 Å². The number of halogens is 3. The van der Waals surface area contributed by atoms with Crippen molar-refractivity contribution in [2.24, 2.45) is 23.7 Å². The number of ether oxygens (including phenoxy) is 1. The van der Waals surface area contributed by atoms with Crippen LogP contribution in [0.15, 0.2) is 43.0 Å². The number of benzene rings is 1. The molecule has 0 amide bonds. The summed E-state index contributed by atoms with van der Waals surface area (Å²) < 4.78 is 42.1. The predicted molar refractivity (Wildman–Crippen MR) is 315 cm³/mol. The standard InChI is InChI=1S/C12H21N3.C12H15N3.C10H16N4O.C8H13N3.C7H10F3N3.4C3H4/c2*13-6-7-15-9-12(8-14-10-15)11-4-2-1-3-5-11;1-2-15-10-7-13(5-3-11)9-14(8-10)6-4-12;1-2-8-5-10-7-11(6-8)4-3-9;8-7(9,10)6-3-12-5-13(4-6)2-1-11;4*1-3-2/h11-12,14H,1-5,7-10H2;1-5,12,14H,7-10H2;10H,2,5-9H2,1H3;2,8,10H,1,4-7H2;6,12H,2-5H2;4*1H,2H3. The number of terminal acetylenes is 4. The number of alkyl halides is 3. The molecular weight excluding hydrogens is 1030 g/mol. The van der Waals surface area contributed by atoms with Gasteiger partial charge in [0.1, 0.15) is 0 Å². The predicted octanol–water partition coefficient (Wildman–Crippen LogP) is 6.02. The molecule has 6 aliphatic rings. The van der Waals surface area contributed by atoms with Crippen LogP contribution < -0.4 is 21.3 Å². The lowest BCUT2D eigenvalue weighted by atomic mass is 9.79. The third kappa shape index (κ3) is 38.7. The lowest BCUT2D eigenvalue weighted by Crippen LogP contribution is -2.53. The van der Waals surface area contributed by atoms with Crippen LogP contribution in [0.1, 0.15) is 78.2 Å². The third-order valence-corrected chi connectivity index (χ3v) is 12.8. The molecule has 4 N–H and O–H groups in total. The van der Waals surface area contributed by atoms with Gasteiger partial charge < -0.3 is 26.0 Å². The molecule has 4 atom stereocenters. The Balaban J connectivity index is 0. The summed E-state index contributed by atoms with van der Waals surface area (Å²) in [6.07, 6.45) is 23.4. The van der Waals surface area contributed by atoms with Crippen LogP contribution in [-0.4, -0.2) is 186 Å². The fraction of sp³-hybridized carbons (Fsp3) is 0.639. The molecular formula is C61H91F3N16O. The second-order valence-electron chi connectivity index (χ2n) is 19.3. The maximum absolute atomic E-state index is 12.2. The molecule has 20 heteroatoms. The Morgan fingerprint density at radius 2 is 0.963 bits per heavy atom. The third-order valence-electron chi connectivity index (χ3n) is 12.8. The first-order chi connectivity index (χ1) is 39.1. The van der Waals surface area contributed by atoms with E-state index in [1.807, 2.05) is 34.9 Å². The average molecular weight is 1120 g/mol. The van der Waals surface area contributed by atoms with Crippen LogP contribution >= 0.6 is 0 Å². The van der Waals surface area contributed by atoms with Crippen LogP contribution in [0.2, 0.25) is 0 Å². The van der Waals surface area contributed by atoms with E-state index < -0.39 is 12.1 Å². The topological polar surface area (TPSA) is 220 Å². The minimum Gasteiger partial charge on any atom is -0.376 e. The van der Waals surface area contributed by atoms with Gasteiger partial charge in [-0.3, -0.25) is 29.4 Å². The van der Waals surface area contributed by atoms with Crippen LogP contribution in [0.5, 0.6) is 0 Å². The minimum atomic E-state index is -4.17. The zero-order valence-corrected chi connectivity index (χ0v) is 48.9. The molecule has 1 saturated carbocycles. The van der Waals surface area contributed by atoms with Crippen molar-refractivity contribution >= 4 is 0 Å². The summed E-state index contributed by atoms with van der Waals surface area (Å²) in [5.74, 6) is 10.3. The number of nitriles is 6. The summed E-state index contributed by atoms with van der Waals surface area (Å²) in [4.78, 5) is 11.9. The highest BCUT2D eigenvalue weighted by Crippen LogP contribution is 2.31. The van der Waals surface area contributed by atoms with E-state index in [1.54, 1.807) is 27.7 Å². The maximum Gasteiger partial charge on any atom is 0.394 e. The quantitative estimate of drug-likeness (QED) is 0.113. The maximum atomic E-state index is 12.2. The Bertz CT molecular complexity index is 2140. The fourth-order valence-electron chi connectivity index (χ4n) is 9.34. The molecule has 1 aromatic rings. The molecule has 5 heterocycles. The Morgan fingerprint density at radius 1 is 0.556 bits per heavy atom. The first-order valence-corrected chi connectivity index (χ1v) is 27.4. The molecule has 81 heavy (non-hydrogen) atoms. The second kappa shape index (κ2) is 51.6. The highest BCUT2D eigenvalue weighted by atomic mass is 19.4. The van der Waals surface area contributed by atoms with Crippen LogP contribution in [-0.2, 0) is 4.74 Å². The smallest absolute Gasteiger partial charge is 0.376 e. The Labute approximate surface area is 486 Å². The van der Waals surface area contributed by atoms with E-state index in [9.17, 15) is 13.2 Å². The second-order valence-corrected chi connectivity index (χ2v) is 19.3. The first kappa shape index (κ1) is 76.6. The van der Waals surface area contributed by atoms with Gasteiger partial charge in [0, 0.05) is 111 Å². The summed E-state index contributed by atoms with van der Waals surface area (Å²) in [7, 11) is 0. The van der Waals surface area contributed by atoms with Crippen LogP contribution in [0.4, 0.5) is 13.2 Å². The highest BCUT2D eigenvalue weighted by Gasteiger charge is 2.41. The van der Waals surface area contributed by atoms with E-state index in [0.29, 0.717) is 64.5 Å². The van der Waals surface area contributed by atoms with Crippen LogP contribution in [0.3, 0.4) is 0 Å². The summed E-state index contributed by atoms with van der Waals surface area (Å²) in [6.45, 7) is 26.7. The zero-order chi connectivity index (χ0) is 60.9. The normalized spacial score (nSPS) is 21.3. The molecule has 5 aliphatic heterocycles. The van der Waals surface area contributed by atoms with E-state index in [2.05, 4.69) is 147 Å². The molecule has 442 valence electrons. The molecule has 6 fully saturated rings. The van der Waals surface area contributed by atoms with Gasteiger partial charge in [0.2, 0.25) is 0 Å². The van der Waals surface area contributed by atoms with Crippen molar-refractivity contribution in [2.75, 3.05) is 145 Å².